The van der Waals surface area contributed by atoms with E-state index < -0.39 is 0 Å². The minimum absolute atomic E-state index is 0.138. The number of ether oxygens (including phenoxy) is 4. The monoisotopic (exact) mass is 458 g/mol. The molecule has 1 amide bonds. The molecule has 0 unspecified atom stereocenters. The number of anilines is 1. The Labute approximate surface area is 198 Å². The summed E-state index contributed by atoms with van der Waals surface area (Å²) in [4.78, 5) is 17.8. The molecule has 0 aliphatic rings. The average molecular weight is 459 g/mol. The van der Waals surface area contributed by atoms with Crippen LogP contribution in [-0.2, 0) is 0 Å². The topological polar surface area (TPSA) is 60.5 Å². The van der Waals surface area contributed by atoms with Crippen LogP contribution in [-0.4, -0.2) is 64.9 Å². The van der Waals surface area contributed by atoms with Crippen molar-refractivity contribution in [2.45, 2.75) is 33.6 Å². The molecule has 0 radical (unpaired) electrons. The molecule has 182 valence electrons. The van der Waals surface area contributed by atoms with Crippen molar-refractivity contribution >= 4 is 11.6 Å². The highest BCUT2D eigenvalue weighted by Crippen LogP contribution is 2.38. The summed E-state index contributed by atoms with van der Waals surface area (Å²) < 4.78 is 22.1. The van der Waals surface area contributed by atoms with Gasteiger partial charge in [-0.2, -0.15) is 0 Å². The third kappa shape index (κ3) is 7.02. The van der Waals surface area contributed by atoms with E-state index in [9.17, 15) is 4.79 Å². The van der Waals surface area contributed by atoms with Crippen LogP contribution in [0.25, 0.3) is 0 Å². The molecule has 0 spiro atoms. The molecule has 0 saturated carbocycles. The highest BCUT2D eigenvalue weighted by Gasteiger charge is 2.23. The van der Waals surface area contributed by atoms with Crippen LogP contribution in [0.2, 0.25) is 0 Å². The predicted octanol–water partition coefficient (Wildman–Crippen LogP) is 4.88. The molecule has 0 fully saturated rings. The first kappa shape index (κ1) is 26.3. The number of nitrogens with zero attached hydrogens (tertiary/aromatic N) is 2. The number of hydrogen-bond donors (Lipinski definition) is 0. The van der Waals surface area contributed by atoms with Crippen molar-refractivity contribution in [3.63, 3.8) is 0 Å². The second-order valence-electron chi connectivity index (χ2n) is 7.59. The Morgan fingerprint density at radius 1 is 0.848 bits per heavy atom. The number of benzene rings is 2. The van der Waals surface area contributed by atoms with E-state index in [-0.39, 0.29) is 5.91 Å². The fourth-order valence-electron chi connectivity index (χ4n) is 3.55. The van der Waals surface area contributed by atoms with E-state index in [1.165, 1.54) is 0 Å². The molecule has 2 rings (SSSR count). The van der Waals surface area contributed by atoms with Crippen LogP contribution in [0.4, 0.5) is 5.69 Å². The maximum atomic E-state index is 13.7. The molecule has 2 aromatic carbocycles. The van der Waals surface area contributed by atoms with Gasteiger partial charge >= 0.3 is 0 Å². The third-order valence-corrected chi connectivity index (χ3v) is 5.61. The number of likely N-dealkylation sites (N-methyl/N-ethyl adjacent to an activating group) is 1. The zero-order chi connectivity index (χ0) is 24.2. The molecule has 0 N–H and O–H groups in total. The molecule has 0 bridgehead atoms. The van der Waals surface area contributed by atoms with E-state index in [1.807, 2.05) is 24.3 Å². The summed E-state index contributed by atoms with van der Waals surface area (Å²) in [5.74, 6) is 2.02. The van der Waals surface area contributed by atoms with Gasteiger partial charge in [-0.3, -0.25) is 4.79 Å². The summed E-state index contributed by atoms with van der Waals surface area (Å²) in [6, 6.07) is 11.1. The summed E-state index contributed by atoms with van der Waals surface area (Å²) in [6.45, 7) is 10.2. The van der Waals surface area contributed by atoms with Gasteiger partial charge in [-0.1, -0.05) is 27.2 Å². The van der Waals surface area contributed by atoms with Crippen LogP contribution in [0.1, 0.15) is 44.0 Å². The van der Waals surface area contributed by atoms with Gasteiger partial charge in [0.05, 0.1) is 27.9 Å². The maximum absolute atomic E-state index is 13.7. The average Bonchev–Trinajstić information content (AvgIpc) is 2.86. The zero-order valence-electron chi connectivity index (χ0n) is 20.8. The highest BCUT2D eigenvalue weighted by molar-refractivity contribution is 6.07. The number of carbonyl (C=O) groups excluding carboxylic acids is 1. The Morgan fingerprint density at radius 3 is 1.94 bits per heavy atom. The molecular formula is C26H38N2O5. The fourth-order valence-corrected chi connectivity index (χ4v) is 3.55. The molecule has 7 heteroatoms. The number of carbonyl (C=O) groups is 1. The second-order valence-corrected chi connectivity index (χ2v) is 7.59. The van der Waals surface area contributed by atoms with Crippen molar-refractivity contribution in [1.29, 1.82) is 0 Å². The second kappa shape index (κ2) is 13.6. The standard InChI is InChI=1S/C26H38N2O5/c1-7-10-17-33-22-13-11-21(12-14-22)28(16-15-27(8-2)9-3)26(29)20-18-23(30-4)25(32-6)24(19-20)31-5/h11-14,18-19H,7-10,15-17H2,1-6H3. The molecule has 0 aromatic heterocycles. The lowest BCUT2D eigenvalue weighted by Gasteiger charge is -2.27. The number of rotatable bonds is 14. The van der Waals surface area contributed by atoms with Crippen LogP contribution in [0, 0.1) is 0 Å². The molecule has 0 aliphatic carbocycles. The van der Waals surface area contributed by atoms with Crippen molar-refractivity contribution < 1.29 is 23.7 Å². The zero-order valence-corrected chi connectivity index (χ0v) is 20.8. The van der Waals surface area contributed by atoms with Gasteiger partial charge in [0.1, 0.15) is 5.75 Å². The quantitative estimate of drug-likeness (QED) is 0.376. The number of methoxy groups -OCH3 is 3. The largest absolute Gasteiger partial charge is 0.494 e. The predicted molar refractivity (Wildman–Crippen MR) is 132 cm³/mol. The van der Waals surface area contributed by atoms with Crippen molar-refractivity contribution in [1.82, 2.24) is 4.90 Å². The summed E-state index contributed by atoms with van der Waals surface area (Å²) in [6.07, 6.45) is 2.10. The van der Waals surface area contributed by atoms with Gasteiger partial charge < -0.3 is 28.7 Å². The summed E-state index contributed by atoms with van der Waals surface area (Å²) in [5, 5.41) is 0. The Bertz CT molecular complexity index is 840. The Balaban J connectivity index is 2.38. The molecular weight excluding hydrogens is 420 g/mol. The van der Waals surface area contributed by atoms with E-state index in [4.69, 9.17) is 18.9 Å². The summed E-state index contributed by atoms with van der Waals surface area (Å²) >= 11 is 0. The van der Waals surface area contributed by atoms with Gasteiger partial charge in [-0.15, -0.1) is 0 Å². The van der Waals surface area contributed by atoms with E-state index in [0.29, 0.717) is 36.0 Å². The first-order chi connectivity index (χ1) is 16.0. The maximum Gasteiger partial charge on any atom is 0.258 e. The van der Waals surface area contributed by atoms with Crippen LogP contribution < -0.4 is 23.8 Å². The van der Waals surface area contributed by atoms with Crippen molar-refractivity contribution in [2.75, 3.05) is 59.0 Å². The van der Waals surface area contributed by atoms with Gasteiger partial charge in [-0.25, -0.2) is 0 Å². The van der Waals surface area contributed by atoms with Crippen molar-refractivity contribution in [3.8, 4) is 23.0 Å². The molecule has 0 saturated heterocycles. The van der Waals surface area contributed by atoms with E-state index in [1.54, 1.807) is 38.4 Å². The van der Waals surface area contributed by atoms with Gasteiger partial charge in [0.25, 0.3) is 5.91 Å². The van der Waals surface area contributed by atoms with Crippen LogP contribution in [0.5, 0.6) is 23.0 Å². The Hall–Kier alpha value is -2.93. The van der Waals surface area contributed by atoms with Crippen LogP contribution >= 0.6 is 0 Å². The first-order valence-electron chi connectivity index (χ1n) is 11.6. The molecule has 0 atom stereocenters. The smallest absolute Gasteiger partial charge is 0.258 e. The number of hydrogen-bond acceptors (Lipinski definition) is 6. The summed E-state index contributed by atoms with van der Waals surface area (Å²) in [7, 11) is 4.63. The van der Waals surface area contributed by atoms with Crippen molar-refractivity contribution in [3.05, 3.63) is 42.0 Å². The van der Waals surface area contributed by atoms with Gasteiger partial charge in [-0.05, 0) is 55.9 Å². The van der Waals surface area contributed by atoms with Crippen LogP contribution in [0.3, 0.4) is 0 Å². The van der Waals surface area contributed by atoms with E-state index in [2.05, 4.69) is 25.7 Å². The SMILES string of the molecule is CCCCOc1ccc(N(CCN(CC)CC)C(=O)c2cc(OC)c(OC)c(OC)c2)cc1. The molecule has 7 nitrogen and oxygen atoms in total. The normalized spacial score (nSPS) is 10.8. The van der Waals surface area contributed by atoms with Gasteiger partial charge in [0.2, 0.25) is 5.75 Å². The molecule has 0 heterocycles. The fraction of sp³-hybridized carbons (Fsp3) is 0.500. The Morgan fingerprint density at radius 2 is 1.45 bits per heavy atom. The lowest BCUT2D eigenvalue weighted by molar-refractivity contribution is 0.0983. The van der Waals surface area contributed by atoms with Gasteiger partial charge in [0, 0.05) is 24.3 Å². The lowest BCUT2D eigenvalue weighted by atomic mass is 10.1. The minimum atomic E-state index is -0.138. The lowest BCUT2D eigenvalue weighted by Crippen LogP contribution is -2.39. The third-order valence-electron chi connectivity index (χ3n) is 5.61. The Kier molecular flexibility index (Phi) is 10.8. The van der Waals surface area contributed by atoms with E-state index >= 15 is 0 Å². The highest BCUT2D eigenvalue weighted by atomic mass is 16.5. The minimum Gasteiger partial charge on any atom is -0.494 e. The molecule has 2 aromatic rings. The van der Waals surface area contributed by atoms with Crippen molar-refractivity contribution in [2.24, 2.45) is 0 Å². The van der Waals surface area contributed by atoms with E-state index in [0.717, 1.165) is 43.9 Å². The number of unbranched alkanes of at least 4 members (excludes halogenated alkanes) is 1. The summed E-state index contributed by atoms with van der Waals surface area (Å²) in [5.41, 5.74) is 1.27. The van der Waals surface area contributed by atoms with Gasteiger partial charge in [0.15, 0.2) is 11.5 Å². The molecule has 0 aliphatic heterocycles. The molecule has 33 heavy (non-hydrogen) atoms. The van der Waals surface area contributed by atoms with Crippen LogP contribution in [0.15, 0.2) is 36.4 Å². The number of amides is 1. The first-order valence-corrected chi connectivity index (χ1v) is 11.6.